The van der Waals surface area contributed by atoms with Gasteiger partial charge in [-0.15, -0.1) is 0 Å². The lowest BCUT2D eigenvalue weighted by molar-refractivity contribution is 0.0552. The molecule has 4 rings (SSSR count). The molecule has 128 valence electrons. The Morgan fingerprint density at radius 1 is 1.12 bits per heavy atom. The molecule has 1 aliphatic heterocycles. The number of anilines is 1. The predicted octanol–water partition coefficient (Wildman–Crippen LogP) is 2.16. The molecule has 3 aromatic rings. The highest BCUT2D eigenvalue weighted by Gasteiger charge is 2.27. The van der Waals surface area contributed by atoms with E-state index in [4.69, 9.17) is 4.74 Å². The van der Waals surface area contributed by atoms with Gasteiger partial charge in [0, 0.05) is 25.5 Å². The Bertz CT molecular complexity index is 817. The molecule has 1 aromatic carbocycles. The zero-order chi connectivity index (χ0) is 17.1. The first-order valence-corrected chi connectivity index (χ1v) is 8.40. The highest BCUT2D eigenvalue weighted by molar-refractivity contribution is 5.42. The Morgan fingerprint density at radius 2 is 1.92 bits per heavy atom. The standard InChI is InChI=1S/C18H20N6O/c1-14-2-4-16(5-3-14)24-18(20-21-22-24)23-11-8-17(12-23)25-13-15-6-9-19-10-7-15/h2-7,9-10,17H,8,11-13H2,1H3/t17-/m1/s1. The lowest BCUT2D eigenvalue weighted by Gasteiger charge is -2.17. The van der Waals surface area contributed by atoms with E-state index in [1.165, 1.54) is 5.56 Å². The van der Waals surface area contributed by atoms with Crippen LogP contribution in [0.1, 0.15) is 17.5 Å². The van der Waals surface area contributed by atoms with E-state index in [0.29, 0.717) is 6.61 Å². The van der Waals surface area contributed by atoms with Crippen LogP contribution >= 0.6 is 0 Å². The van der Waals surface area contributed by atoms with E-state index < -0.39 is 0 Å². The Morgan fingerprint density at radius 3 is 2.72 bits per heavy atom. The molecule has 0 saturated carbocycles. The summed E-state index contributed by atoms with van der Waals surface area (Å²) in [7, 11) is 0. The van der Waals surface area contributed by atoms with Gasteiger partial charge in [0.05, 0.1) is 18.4 Å². The van der Waals surface area contributed by atoms with Crippen LogP contribution in [0.4, 0.5) is 5.95 Å². The lowest BCUT2D eigenvalue weighted by Crippen LogP contribution is -2.25. The average molecular weight is 336 g/mol. The summed E-state index contributed by atoms with van der Waals surface area (Å²) < 4.78 is 7.81. The van der Waals surface area contributed by atoms with Crippen LogP contribution in [-0.4, -0.2) is 44.4 Å². The maximum Gasteiger partial charge on any atom is 0.250 e. The van der Waals surface area contributed by atoms with E-state index in [9.17, 15) is 0 Å². The van der Waals surface area contributed by atoms with Crippen molar-refractivity contribution in [3.05, 3.63) is 59.9 Å². The highest BCUT2D eigenvalue weighted by Crippen LogP contribution is 2.22. The number of hydrogen-bond donors (Lipinski definition) is 0. The number of ether oxygens (including phenoxy) is 1. The molecule has 0 amide bonds. The maximum atomic E-state index is 6.03. The van der Waals surface area contributed by atoms with Gasteiger partial charge in [0.25, 0.3) is 0 Å². The summed E-state index contributed by atoms with van der Waals surface area (Å²) in [6, 6.07) is 12.1. The minimum Gasteiger partial charge on any atom is -0.372 e. The Hall–Kier alpha value is -2.80. The number of aryl methyl sites for hydroxylation is 1. The van der Waals surface area contributed by atoms with Crippen LogP contribution in [0.15, 0.2) is 48.8 Å². The van der Waals surface area contributed by atoms with Crippen LogP contribution in [0.25, 0.3) is 5.69 Å². The number of hydrogen-bond acceptors (Lipinski definition) is 6. The summed E-state index contributed by atoms with van der Waals surface area (Å²) in [6.45, 7) is 4.34. The third-order valence-corrected chi connectivity index (χ3v) is 4.39. The smallest absolute Gasteiger partial charge is 0.250 e. The molecule has 1 aliphatic rings. The van der Waals surface area contributed by atoms with Crippen molar-refractivity contribution in [1.29, 1.82) is 0 Å². The van der Waals surface area contributed by atoms with Crippen LogP contribution in [0.3, 0.4) is 0 Å². The van der Waals surface area contributed by atoms with Crippen molar-refractivity contribution in [2.75, 3.05) is 18.0 Å². The van der Waals surface area contributed by atoms with Gasteiger partial charge in [-0.1, -0.05) is 22.8 Å². The molecule has 25 heavy (non-hydrogen) atoms. The van der Waals surface area contributed by atoms with E-state index >= 15 is 0 Å². The summed E-state index contributed by atoms with van der Waals surface area (Å²) in [4.78, 5) is 6.20. The summed E-state index contributed by atoms with van der Waals surface area (Å²) in [6.07, 6.45) is 4.72. The summed E-state index contributed by atoms with van der Waals surface area (Å²) in [5, 5.41) is 12.2. The second-order valence-corrected chi connectivity index (χ2v) is 6.25. The first-order chi connectivity index (χ1) is 12.3. The van der Waals surface area contributed by atoms with Crippen LogP contribution < -0.4 is 4.90 Å². The molecule has 1 atom stereocenters. The van der Waals surface area contributed by atoms with E-state index in [1.54, 1.807) is 17.1 Å². The van der Waals surface area contributed by atoms with Gasteiger partial charge in [0.1, 0.15) is 0 Å². The second kappa shape index (κ2) is 6.98. The first kappa shape index (κ1) is 15.7. The minimum absolute atomic E-state index is 0.177. The Kier molecular flexibility index (Phi) is 4.39. The molecule has 0 radical (unpaired) electrons. The molecule has 1 fully saturated rings. The third kappa shape index (κ3) is 3.51. The third-order valence-electron chi connectivity index (χ3n) is 4.39. The van der Waals surface area contributed by atoms with Gasteiger partial charge in [-0.3, -0.25) is 4.98 Å². The van der Waals surface area contributed by atoms with Crippen molar-refractivity contribution < 1.29 is 4.74 Å². The number of nitrogens with zero attached hydrogens (tertiary/aromatic N) is 6. The Labute approximate surface area is 146 Å². The zero-order valence-electron chi connectivity index (χ0n) is 14.1. The van der Waals surface area contributed by atoms with Crippen LogP contribution in [-0.2, 0) is 11.3 Å². The SMILES string of the molecule is Cc1ccc(-n2nnnc2N2CC[C@@H](OCc3ccncc3)C2)cc1. The molecule has 0 spiro atoms. The molecule has 7 nitrogen and oxygen atoms in total. The molecule has 0 bridgehead atoms. The quantitative estimate of drug-likeness (QED) is 0.711. The van der Waals surface area contributed by atoms with Crippen molar-refractivity contribution in [3.63, 3.8) is 0 Å². The lowest BCUT2D eigenvalue weighted by atomic mass is 10.2. The van der Waals surface area contributed by atoms with E-state index in [1.807, 2.05) is 24.3 Å². The van der Waals surface area contributed by atoms with E-state index in [-0.39, 0.29) is 6.10 Å². The number of pyridine rings is 1. The topological polar surface area (TPSA) is 69.0 Å². The summed E-state index contributed by atoms with van der Waals surface area (Å²) >= 11 is 0. The average Bonchev–Trinajstić information content (AvgIpc) is 3.31. The van der Waals surface area contributed by atoms with Gasteiger partial charge in [-0.05, 0) is 53.6 Å². The molecular formula is C18H20N6O. The van der Waals surface area contributed by atoms with Gasteiger partial charge in [-0.25, -0.2) is 0 Å². The fraction of sp³-hybridized carbons (Fsp3) is 0.333. The van der Waals surface area contributed by atoms with Gasteiger partial charge >= 0.3 is 0 Å². The van der Waals surface area contributed by atoms with Crippen molar-refractivity contribution in [2.45, 2.75) is 26.1 Å². The summed E-state index contributed by atoms with van der Waals surface area (Å²) in [5.74, 6) is 0.763. The van der Waals surface area contributed by atoms with Crippen molar-refractivity contribution >= 4 is 5.95 Å². The molecule has 3 heterocycles. The normalized spacial score (nSPS) is 17.2. The predicted molar refractivity (Wildman–Crippen MR) is 93.5 cm³/mol. The monoisotopic (exact) mass is 336 g/mol. The van der Waals surface area contributed by atoms with Crippen molar-refractivity contribution in [3.8, 4) is 5.69 Å². The first-order valence-electron chi connectivity index (χ1n) is 8.40. The van der Waals surface area contributed by atoms with Crippen LogP contribution in [0.5, 0.6) is 0 Å². The Balaban J connectivity index is 1.42. The van der Waals surface area contributed by atoms with Gasteiger partial charge in [0.15, 0.2) is 0 Å². The molecule has 7 heteroatoms. The molecule has 2 aromatic heterocycles. The maximum absolute atomic E-state index is 6.03. The second-order valence-electron chi connectivity index (χ2n) is 6.25. The number of tetrazole rings is 1. The van der Waals surface area contributed by atoms with Crippen LogP contribution in [0.2, 0.25) is 0 Å². The molecular weight excluding hydrogens is 316 g/mol. The fourth-order valence-corrected chi connectivity index (χ4v) is 2.97. The number of benzene rings is 1. The molecule has 1 saturated heterocycles. The van der Waals surface area contributed by atoms with Gasteiger partial charge in [0.2, 0.25) is 5.95 Å². The fourth-order valence-electron chi connectivity index (χ4n) is 2.97. The van der Waals surface area contributed by atoms with E-state index in [0.717, 1.165) is 36.7 Å². The molecule has 0 N–H and O–H groups in total. The highest BCUT2D eigenvalue weighted by atomic mass is 16.5. The van der Waals surface area contributed by atoms with Gasteiger partial charge in [-0.2, -0.15) is 4.68 Å². The largest absolute Gasteiger partial charge is 0.372 e. The number of rotatable bonds is 5. The molecule has 0 aliphatic carbocycles. The summed E-state index contributed by atoms with van der Waals surface area (Å²) in [5.41, 5.74) is 3.31. The van der Waals surface area contributed by atoms with Crippen LogP contribution in [0, 0.1) is 6.92 Å². The number of aromatic nitrogens is 5. The van der Waals surface area contributed by atoms with E-state index in [2.05, 4.69) is 44.5 Å². The molecule has 0 unspecified atom stereocenters. The van der Waals surface area contributed by atoms with Crippen molar-refractivity contribution in [1.82, 2.24) is 25.2 Å². The van der Waals surface area contributed by atoms with Gasteiger partial charge < -0.3 is 9.64 Å². The minimum atomic E-state index is 0.177. The zero-order valence-corrected chi connectivity index (χ0v) is 14.1. The van der Waals surface area contributed by atoms with Crippen molar-refractivity contribution in [2.24, 2.45) is 0 Å².